The summed E-state index contributed by atoms with van der Waals surface area (Å²) >= 11 is 0. The smallest absolute Gasteiger partial charge is 0.0494 e. The average Bonchev–Trinajstić information content (AvgIpc) is 3.32. The van der Waals surface area contributed by atoms with Crippen LogP contribution < -0.4 is 0 Å². The molecule has 0 bridgehead atoms. The summed E-state index contributed by atoms with van der Waals surface area (Å²) in [4.78, 5) is 0. The molecular weight excluding hydrogens is 432 g/mol. The molecule has 0 aliphatic heterocycles. The first kappa shape index (κ1) is 32.9. The first-order chi connectivity index (χ1) is 17.4. The molecule has 0 amide bonds. The average molecular weight is 497 g/mol. The Labute approximate surface area is 220 Å². The third kappa shape index (κ3) is 22.8. The molecule has 0 aromatic carbocycles. The fourth-order valence-corrected chi connectivity index (χ4v) is 5.58. The number of unbranched alkanes of at least 4 members (excludes halogenated alkanes) is 19. The van der Waals surface area contributed by atoms with Crippen LogP contribution in [0.2, 0.25) is 0 Å². The van der Waals surface area contributed by atoms with Crippen LogP contribution in [0, 0.1) is 11.8 Å². The predicted molar refractivity (Wildman–Crippen MR) is 152 cm³/mol. The maximum Gasteiger partial charge on any atom is 0.0494 e. The van der Waals surface area contributed by atoms with Gasteiger partial charge in [-0.05, 0) is 50.4 Å². The Balaban J connectivity index is 1.75. The van der Waals surface area contributed by atoms with E-state index in [0.717, 1.165) is 44.7 Å². The SMILES string of the molecule is CCCCCCCCCCCCCOC[C@H]1CC[C@@H](COCCCCCCCCCCCCO)C1. The lowest BCUT2D eigenvalue weighted by molar-refractivity contribution is 0.0820. The zero-order chi connectivity index (χ0) is 25.1. The van der Waals surface area contributed by atoms with Crippen molar-refractivity contribution in [3.63, 3.8) is 0 Å². The van der Waals surface area contributed by atoms with E-state index in [1.807, 2.05) is 0 Å². The summed E-state index contributed by atoms with van der Waals surface area (Å²) in [6.07, 6.45) is 32.3. The molecule has 1 N–H and O–H groups in total. The van der Waals surface area contributed by atoms with Gasteiger partial charge in [-0.25, -0.2) is 0 Å². The molecule has 3 nitrogen and oxygen atoms in total. The Bertz CT molecular complexity index is 364. The minimum absolute atomic E-state index is 0.358. The number of hydrogen-bond donors (Lipinski definition) is 1. The van der Waals surface area contributed by atoms with Gasteiger partial charge in [0.05, 0.1) is 0 Å². The number of ether oxygens (including phenoxy) is 2. The van der Waals surface area contributed by atoms with E-state index in [4.69, 9.17) is 14.6 Å². The van der Waals surface area contributed by atoms with Crippen LogP contribution in [0.1, 0.15) is 161 Å². The molecule has 0 unspecified atom stereocenters. The maximum atomic E-state index is 8.78. The van der Waals surface area contributed by atoms with Crippen molar-refractivity contribution < 1.29 is 14.6 Å². The second-order valence-corrected chi connectivity index (χ2v) is 11.5. The van der Waals surface area contributed by atoms with Crippen molar-refractivity contribution in [2.75, 3.05) is 33.0 Å². The van der Waals surface area contributed by atoms with E-state index in [9.17, 15) is 0 Å². The number of aliphatic hydroxyl groups excluding tert-OH is 1. The standard InChI is InChI=1S/C32H64O3/c1-2-3-4-5-6-7-9-12-15-18-21-26-34-29-31-23-24-32(28-31)30-35-27-22-19-16-13-10-8-11-14-17-20-25-33/h31-33H,2-30H2,1H3/t31-,32+/m0/s1. The normalized spacial score (nSPS) is 18.0. The third-order valence-electron chi connectivity index (χ3n) is 7.95. The van der Waals surface area contributed by atoms with Crippen LogP contribution in [-0.4, -0.2) is 38.1 Å². The number of aliphatic hydroxyl groups is 1. The van der Waals surface area contributed by atoms with Crippen LogP contribution in [-0.2, 0) is 9.47 Å². The Morgan fingerprint density at radius 1 is 0.486 bits per heavy atom. The van der Waals surface area contributed by atoms with Crippen molar-refractivity contribution in [1.29, 1.82) is 0 Å². The zero-order valence-corrected chi connectivity index (χ0v) is 23.9. The molecule has 0 heterocycles. The van der Waals surface area contributed by atoms with Gasteiger partial charge in [0.25, 0.3) is 0 Å². The molecule has 1 aliphatic rings. The van der Waals surface area contributed by atoms with E-state index < -0.39 is 0 Å². The lowest BCUT2D eigenvalue weighted by atomic mass is 10.1. The molecule has 3 heteroatoms. The molecule has 1 saturated carbocycles. The Morgan fingerprint density at radius 3 is 1.20 bits per heavy atom. The molecule has 1 fully saturated rings. The lowest BCUT2D eigenvalue weighted by Gasteiger charge is -2.12. The van der Waals surface area contributed by atoms with Gasteiger partial charge in [0.2, 0.25) is 0 Å². The molecule has 0 saturated heterocycles. The number of hydrogen-bond acceptors (Lipinski definition) is 3. The van der Waals surface area contributed by atoms with Crippen LogP contribution >= 0.6 is 0 Å². The van der Waals surface area contributed by atoms with E-state index in [-0.39, 0.29) is 0 Å². The molecule has 1 rings (SSSR count). The number of rotatable bonds is 28. The fourth-order valence-electron chi connectivity index (χ4n) is 5.58. The van der Waals surface area contributed by atoms with Gasteiger partial charge in [0, 0.05) is 33.0 Å². The highest BCUT2D eigenvalue weighted by Gasteiger charge is 2.24. The van der Waals surface area contributed by atoms with E-state index >= 15 is 0 Å². The van der Waals surface area contributed by atoms with E-state index in [1.165, 1.54) is 148 Å². The molecular formula is C32H64O3. The van der Waals surface area contributed by atoms with Gasteiger partial charge in [-0.3, -0.25) is 0 Å². The highest BCUT2D eigenvalue weighted by atomic mass is 16.5. The van der Waals surface area contributed by atoms with Gasteiger partial charge in [-0.15, -0.1) is 0 Å². The second kappa shape index (κ2) is 26.9. The molecule has 2 atom stereocenters. The Kier molecular flexibility index (Phi) is 25.3. The molecule has 210 valence electrons. The van der Waals surface area contributed by atoms with Gasteiger partial charge in [-0.2, -0.15) is 0 Å². The predicted octanol–water partition coefficient (Wildman–Crippen LogP) is 9.64. The fraction of sp³-hybridized carbons (Fsp3) is 1.00. The molecule has 1 aliphatic carbocycles. The van der Waals surface area contributed by atoms with Crippen LogP contribution in [0.3, 0.4) is 0 Å². The molecule has 0 aromatic rings. The van der Waals surface area contributed by atoms with Gasteiger partial charge >= 0.3 is 0 Å². The monoisotopic (exact) mass is 496 g/mol. The first-order valence-electron chi connectivity index (χ1n) is 16.1. The summed E-state index contributed by atoms with van der Waals surface area (Å²) < 4.78 is 12.0. The van der Waals surface area contributed by atoms with Crippen molar-refractivity contribution in [3.8, 4) is 0 Å². The quantitative estimate of drug-likeness (QED) is 0.110. The van der Waals surface area contributed by atoms with Crippen molar-refractivity contribution >= 4 is 0 Å². The summed E-state index contributed by atoms with van der Waals surface area (Å²) in [5, 5.41) is 8.78. The largest absolute Gasteiger partial charge is 0.396 e. The summed E-state index contributed by atoms with van der Waals surface area (Å²) in [5.41, 5.74) is 0. The zero-order valence-electron chi connectivity index (χ0n) is 23.9. The van der Waals surface area contributed by atoms with Crippen molar-refractivity contribution in [2.24, 2.45) is 11.8 Å². The van der Waals surface area contributed by atoms with Crippen molar-refractivity contribution in [1.82, 2.24) is 0 Å². The molecule has 0 aromatic heterocycles. The molecule has 0 spiro atoms. The van der Waals surface area contributed by atoms with Gasteiger partial charge < -0.3 is 14.6 Å². The van der Waals surface area contributed by atoms with Crippen LogP contribution in [0.5, 0.6) is 0 Å². The lowest BCUT2D eigenvalue weighted by Crippen LogP contribution is -2.10. The third-order valence-corrected chi connectivity index (χ3v) is 7.95. The van der Waals surface area contributed by atoms with Crippen molar-refractivity contribution in [3.05, 3.63) is 0 Å². The van der Waals surface area contributed by atoms with Crippen LogP contribution in [0.15, 0.2) is 0 Å². The van der Waals surface area contributed by atoms with Crippen LogP contribution in [0.25, 0.3) is 0 Å². The van der Waals surface area contributed by atoms with Crippen molar-refractivity contribution in [2.45, 2.75) is 161 Å². The summed E-state index contributed by atoms with van der Waals surface area (Å²) in [5.74, 6) is 1.55. The summed E-state index contributed by atoms with van der Waals surface area (Å²) in [6.45, 7) is 6.53. The molecule has 35 heavy (non-hydrogen) atoms. The highest BCUT2D eigenvalue weighted by molar-refractivity contribution is 4.75. The van der Waals surface area contributed by atoms with E-state index in [1.54, 1.807) is 0 Å². The van der Waals surface area contributed by atoms with E-state index in [0.29, 0.717) is 6.61 Å². The summed E-state index contributed by atoms with van der Waals surface area (Å²) in [7, 11) is 0. The minimum atomic E-state index is 0.358. The van der Waals surface area contributed by atoms with Crippen LogP contribution in [0.4, 0.5) is 0 Å². The highest BCUT2D eigenvalue weighted by Crippen LogP contribution is 2.31. The molecule has 0 radical (unpaired) electrons. The Hall–Kier alpha value is -0.120. The van der Waals surface area contributed by atoms with Gasteiger partial charge in [0.15, 0.2) is 0 Å². The minimum Gasteiger partial charge on any atom is -0.396 e. The van der Waals surface area contributed by atoms with Gasteiger partial charge in [0.1, 0.15) is 0 Å². The summed E-state index contributed by atoms with van der Waals surface area (Å²) in [6, 6.07) is 0. The van der Waals surface area contributed by atoms with E-state index in [2.05, 4.69) is 6.92 Å². The first-order valence-corrected chi connectivity index (χ1v) is 16.1. The Morgan fingerprint density at radius 2 is 0.829 bits per heavy atom. The topological polar surface area (TPSA) is 38.7 Å². The van der Waals surface area contributed by atoms with Gasteiger partial charge in [-0.1, -0.05) is 122 Å². The maximum absolute atomic E-state index is 8.78. The second-order valence-electron chi connectivity index (χ2n) is 11.5.